The Morgan fingerprint density at radius 1 is 1.50 bits per heavy atom. The van der Waals surface area contributed by atoms with Gasteiger partial charge < -0.3 is 4.90 Å². The molecule has 2 rings (SSSR count). The standard InChI is InChI=1S/C13H14BrN3O/c1-16(7-10-6-15-17(2)8-10)13-5-12(14)4-3-11(13)9-18/h3-6,8-9H,7H2,1-2H3. The highest BCUT2D eigenvalue weighted by atomic mass is 79.9. The van der Waals surface area contributed by atoms with Crippen LogP contribution in [-0.4, -0.2) is 23.1 Å². The maximum absolute atomic E-state index is 11.0. The predicted molar refractivity (Wildman–Crippen MR) is 74.8 cm³/mol. The molecule has 0 aliphatic heterocycles. The van der Waals surface area contributed by atoms with Gasteiger partial charge in [-0.25, -0.2) is 0 Å². The normalized spacial score (nSPS) is 10.4. The van der Waals surface area contributed by atoms with E-state index in [4.69, 9.17) is 0 Å². The van der Waals surface area contributed by atoms with E-state index in [1.165, 1.54) is 0 Å². The van der Waals surface area contributed by atoms with Gasteiger partial charge in [0.2, 0.25) is 0 Å². The van der Waals surface area contributed by atoms with Crippen LogP contribution in [0.1, 0.15) is 15.9 Å². The molecular formula is C13H14BrN3O. The summed E-state index contributed by atoms with van der Waals surface area (Å²) in [5.74, 6) is 0. The Kier molecular flexibility index (Phi) is 3.81. The van der Waals surface area contributed by atoms with Crippen molar-refractivity contribution in [3.63, 3.8) is 0 Å². The molecule has 0 aliphatic rings. The van der Waals surface area contributed by atoms with Gasteiger partial charge in [0.05, 0.1) is 6.20 Å². The molecule has 0 spiro atoms. The molecule has 1 heterocycles. The molecule has 1 aromatic carbocycles. The fourth-order valence-electron chi connectivity index (χ4n) is 1.86. The Bertz CT molecular complexity index is 565. The summed E-state index contributed by atoms with van der Waals surface area (Å²) in [6, 6.07) is 5.62. The van der Waals surface area contributed by atoms with Gasteiger partial charge in [0, 0.05) is 48.1 Å². The number of carbonyl (C=O) groups is 1. The number of carbonyl (C=O) groups excluding carboxylic acids is 1. The SMILES string of the molecule is CN(Cc1cnn(C)c1)c1cc(Br)ccc1C=O. The van der Waals surface area contributed by atoms with E-state index in [-0.39, 0.29) is 0 Å². The molecule has 1 aromatic heterocycles. The van der Waals surface area contributed by atoms with E-state index < -0.39 is 0 Å². The van der Waals surface area contributed by atoms with Gasteiger partial charge in [0.1, 0.15) is 0 Å². The number of anilines is 1. The molecule has 0 unspecified atom stereocenters. The van der Waals surface area contributed by atoms with Crippen molar-refractivity contribution in [3.8, 4) is 0 Å². The number of aromatic nitrogens is 2. The van der Waals surface area contributed by atoms with E-state index in [9.17, 15) is 4.79 Å². The first-order valence-corrected chi connectivity index (χ1v) is 6.33. The molecule has 0 aliphatic carbocycles. The van der Waals surface area contributed by atoms with Crippen LogP contribution in [0.15, 0.2) is 35.1 Å². The first kappa shape index (κ1) is 12.8. The van der Waals surface area contributed by atoms with Crippen molar-refractivity contribution in [1.29, 1.82) is 0 Å². The molecule has 18 heavy (non-hydrogen) atoms. The smallest absolute Gasteiger partial charge is 0.152 e. The zero-order valence-electron chi connectivity index (χ0n) is 10.3. The monoisotopic (exact) mass is 307 g/mol. The first-order chi connectivity index (χ1) is 8.60. The average Bonchev–Trinajstić information content (AvgIpc) is 2.74. The number of benzene rings is 1. The summed E-state index contributed by atoms with van der Waals surface area (Å²) in [5, 5.41) is 4.13. The summed E-state index contributed by atoms with van der Waals surface area (Å²) in [5.41, 5.74) is 2.70. The molecule has 0 bridgehead atoms. The van der Waals surface area contributed by atoms with Gasteiger partial charge in [-0.05, 0) is 18.2 Å². The highest BCUT2D eigenvalue weighted by Crippen LogP contribution is 2.24. The van der Waals surface area contributed by atoms with Gasteiger partial charge in [-0.1, -0.05) is 15.9 Å². The third-order valence-corrected chi connectivity index (χ3v) is 3.20. The molecule has 0 N–H and O–H groups in total. The average molecular weight is 308 g/mol. The van der Waals surface area contributed by atoms with Gasteiger partial charge in [-0.3, -0.25) is 9.48 Å². The predicted octanol–water partition coefficient (Wildman–Crippen LogP) is 2.63. The van der Waals surface area contributed by atoms with Crippen molar-refractivity contribution in [2.75, 3.05) is 11.9 Å². The van der Waals surface area contributed by atoms with Crippen LogP contribution in [0.3, 0.4) is 0 Å². The zero-order chi connectivity index (χ0) is 13.1. The molecule has 0 saturated carbocycles. The van der Waals surface area contributed by atoms with Crippen molar-refractivity contribution in [3.05, 3.63) is 46.2 Å². The molecular weight excluding hydrogens is 294 g/mol. The van der Waals surface area contributed by atoms with Gasteiger partial charge in [0.15, 0.2) is 6.29 Å². The quantitative estimate of drug-likeness (QED) is 0.815. The van der Waals surface area contributed by atoms with Crippen LogP contribution in [0.5, 0.6) is 0 Å². The van der Waals surface area contributed by atoms with E-state index in [2.05, 4.69) is 21.0 Å². The number of halogens is 1. The van der Waals surface area contributed by atoms with Gasteiger partial charge in [0.25, 0.3) is 0 Å². The first-order valence-electron chi connectivity index (χ1n) is 5.53. The summed E-state index contributed by atoms with van der Waals surface area (Å²) < 4.78 is 2.73. The fraction of sp³-hybridized carbons (Fsp3) is 0.231. The van der Waals surface area contributed by atoms with E-state index in [0.717, 1.165) is 22.0 Å². The van der Waals surface area contributed by atoms with Crippen molar-refractivity contribution < 1.29 is 4.79 Å². The molecule has 0 amide bonds. The Labute approximate surface area is 114 Å². The van der Waals surface area contributed by atoms with E-state index in [1.54, 1.807) is 4.68 Å². The largest absolute Gasteiger partial charge is 0.370 e. The summed E-state index contributed by atoms with van der Waals surface area (Å²) in [7, 11) is 3.85. The Hall–Kier alpha value is -1.62. The topological polar surface area (TPSA) is 38.1 Å². The third kappa shape index (κ3) is 2.79. The summed E-state index contributed by atoms with van der Waals surface area (Å²) >= 11 is 3.42. The lowest BCUT2D eigenvalue weighted by molar-refractivity contribution is 0.112. The Morgan fingerprint density at radius 2 is 2.28 bits per heavy atom. The van der Waals surface area contributed by atoms with Crippen LogP contribution >= 0.6 is 15.9 Å². The summed E-state index contributed by atoms with van der Waals surface area (Å²) in [6.45, 7) is 0.713. The lowest BCUT2D eigenvalue weighted by Crippen LogP contribution is -2.17. The Morgan fingerprint density at radius 3 is 2.89 bits per heavy atom. The summed E-state index contributed by atoms with van der Waals surface area (Å²) in [6.07, 6.45) is 4.67. The van der Waals surface area contributed by atoms with Crippen LogP contribution in [0, 0.1) is 0 Å². The molecule has 0 atom stereocenters. The number of hydrogen-bond donors (Lipinski definition) is 0. The number of aryl methyl sites for hydroxylation is 1. The molecule has 5 heteroatoms. The van der Waals surface area contributed by atoms with Gasteiger partial charge in [-0.15, -0.1) is 0 Å². The maximum atomic E-state index is 11.0. The van der Waals surface area contributed by atoms with E-state index >= 15 is 0 Å². The lowest BCUT2D eigenvalue weighted by Gasteiger charge is -2.20. The van der Waals surface area contributed by atoms with Crippen molar-refractivity contribution >= 4 is 27.9 Å². The second kappa shape index (κ2) is 5.35. The van der Waals surface area contributed by atoms with Gasteiger partial charge >= 0.3 is 0 Å². The molecule has 4 nitrogen and oxygen atoms in total. The second-order valence-electron chi connectivity index (χ2n) is 4.20. The van der Waals surface area contributed by atoms with Crippen LogP contribution in [-0.2, 0) is 13.6 Å². The maximum Gasteiger partial charge on any atom is 0.152 e. The Balaban J connectivity index is 2.25. The minimum absolute atomic E-state index is 0.685. The van der Waals surface area contributed by atoms with Crippen LogP contribution < -0.4 is 4.90 Å². The minimum atomic E-state index is 0.685. The highest BCUT2D eigenvalue weighted by Gasteiger charge is 2.09. The van der Waals surface area contributed by atoms with E-state index in [1.807, 2.05) is 49.6 Å². The second-order valence-corrected chi connectivity index (χ2v) is 5.11. The summed E-state index contributed by atoms with van der Waals surface area (Å²) in [4.78, 5) is 13.1. The number of aldehydes is 1. The third-order valence-electron chi connectivity index (χ3n) is 2.71. The van der Waals surface area contributed by atoms with Gasteiger partial charge in [-0.2, -0.15) is 5.10 Å². The molecule has 0 radical (unpaired) electrons. The highest BCUT2D eigenvalue weighted by molar-refractivity contribution is 9.10. The van der Waals surface area contributed by atoms with Crippen molar-refractivity contribution in [2.45, 2.75) is 6.54 Å². The van der Waals surface area contributed by atoms with Crippen molar-refractivity contribution in [1.82, 2.24) is 9.78 Å². The van der Waals surface area contributed by atoms with Crippen LogP contribution in [0.25, 0.3) is 0 Å². The van der Waals surface area contributed by atoms with E-state index in [0.29, 0.717) is 12.1 Å². The number of nitrogens with zero attached hydrogens (tertiary/aromatic N) is 3. The van der Waals surface area contributed by atoms with Crippen molar-refractivity contribution in [2.24, 2.45) is 7.05 Å². The molecule has 0 fully saturated rings. The molecule has 0 saturated heterocycles. The zero-order valence-corrected chi connectivity index (χ0v) is 11.9. The van der Waals surface area contributed by atoms with Crippen LogP contribution in [0.2, 0.25) is 0 Å². The molecule has 2 aromatic rings. The fourth-order valence-corrected chi connectivity index (χ4v) is 2.21. The minimum Gasteiger partial charge on any atom is -0.370 e. The molecule has 94 valence electrons. The lowest BCUT2D eigenvalue weighted by atomic mass is 10.1. The number of hydrogen-bond acceptors (Lipinski definition) is 3. The number of rotatable bonds is 4. The van der Waals surface area contributed by atoms with Crippen LogP contribution in [0.4, 0.5) is 5.69 Å².